The maximum Gasteiger partial charge on any atom is 0.0823 e. The van der Waals surface area contributed by atoms with E-state index in [1.807, 2.05) is 6.92 Å². The van der Waals surface area contributed by atoms with Crippen LogP contribution < -0.4 is 0 Å². The van der Waals surface area contributed by atoms with E-state index in [0.29, 0.717) is 6.04 Å². The number of aryl methyl sites for hydroxylation is 1. The zero-order valence-electron chi connectivity index (χ0n) is 13.4. The lowest BCUT2D eigenvalue weighted by molar-refractivity contribution is 0.171. The van der Waals surface area contributed by atoms with Crippen molar-refractivity contribution >= 4 is 0 Å². The summed E-state index contributed by atoms with van der Waals surface area (Å²) in [5.74, 6) is 0. The molecule has 114 valence electrons. The lowest BCUT2D eigenvalue weighted by atomic mass is 10.0. The fourth-order valence-electron chi connectivity index (χ4n) is 3.54. The molecule has 1 aromatic heterocycles. The number of aliphatic hydroxyl groups excluding tert-OH is 1. The number of hydrogen-bond acceptors (Lipinski definition) is 2. The largest absolute Gasteiger partial charge is 0.388 e. The number of rotatable bonds is 5. The summed E-state index contributed by atoms with van der Waals surface area (Å²) in [5, 5.41) is 15.3. The van der Waals surface area contributed by atoms with Crippen LogP contribution in [0.2, 0.25) is 0 Å². The van der Waals surface area contributed by atoms with Gasteiger partial charge in [0.05, 0.1) is 17.8 Å². The first-order valence-electron chi connectivity index (χ1n) is 8.51. The monoisotopic (exact) mass is 278 g/mol. The molecule has 0 spiro atoms. The third-order valence-corrected chi connectivity index (χ3v) is 4.69. The molecule has 1 N–H and O–H groups in total. The number of aliphatic hydroxyl groups is 1. The molecule has 0 aromatic carbocycles. The van der Waals surface area contributed by atoms with Crippen LogP contribution in [0.4, 0.5) is 0 Å². The first-order valence-corrected chi connectivity index (χ1v) is 8.51. The van der Waals surface area contributed by atoms with Crippen molar-refractivity contribution < 1.29 is 5.11 Å². The molecule has 1 saturated carbocycles. The van der Waals surface area contributed by atoms with E-state index >= 15 is 0 Å². The number of hydrogen-bond donors (Lipinski definition) is 1. The summed E-state index contributed by atoms with van der Waals surface area (Å²) >= 11 is 0. The second-order valence-corrected chi connectivity index (χ2v) is 6.03. The van der Waals surface area contributed by atoms with Crippen LogP contribution in [0.15, 0.2) is 0 Å². The van der Waals surface area contributed by atoms with E-state index in [-0.39, 0.29) is 6.10 Å². The Labute approximate surface area is 123 Å². The van der Waals surface area contributed by atoms with E-state index in [1.54, 1.807) is 0 Å². The van der Waals surface area contributed by atoms with Crippen molar-refractivity contribution in [1.29, 1.82) is 0 Å². The Hall–Kier alpha value is -0.830. The summed E-state index contributed by atoms with van der Waals surface area (Å²) in [6.45, 7) is 6.38. The van der Waals surface area contributed by atoms with Crippen molar-refractivity contribution in [3.8, 4) is 0 Å². The molecule has 0 amide bonds. The van der Waals surface area contributed by atoms with E-state index in [0.717, 1.165) is 30.5 Å². The molecule has 1 aliphatic carbocycles. The van der Waals surface area contributed by atoms with Crippen LogP contribution >= 0.6 is 0 Å². The van der Waals surface area contributed by atoms with Gasteiger partial charge in [-0.05, 0) is 32.1 Å². The topological polar surface area (TPSA) is 38.0 Å². The van der Waals surface area contributed by atoms with Gasteiger partial charge in [-0.3, -0.25) is 4.68 Å². The van der Waals surface area contributed by atoms with Gasteiger partial charge >= 0.3 is 0 Å². The fourth-order valence-corrected chi connectivity index (χ4v) is 3.54. The summed E-state index contributed by atoms with van der Waals surface area (Å²) in [6, 6.07) is 0.551. The van der Waals surface area contributed by atoms with Gasteiger partial charge in [0, 0.05) is 11.3 Å². The normalized spacial score (nSPS) is 19.0. The highest BCUT2D eigenvalue weighted by atomic mass is 16.3. The molecule has 1 aromatic rings. The van der Waals surface area contributed by atoms with Gasteiger partial charge in [-0.25, -0.2) is 0 Å². The van der Waals surface area contributed by atoms with Crippen molar-refractivity contribution in [2.45, 2.75) is 90.7 Å². The summed E-state index contributed by atoms with van der Waals surface area (Å²) in [7, 11) is 0. The molecule has 0 aliphatic heterocycles. The van der Waals surface area contributed by atoms with Crippen LogP contribution in [0.5, 0.6) is 0 Å². The average molecular weight is 278 g/mol. The summed E-state index contributed by atoms with van der Waals surface area (Å²) in [4.78, 5) is 0. The Balaban J connectivity index is 2.38. The van der Waals surface area contributed by atoms with Crippen molar-refractivity contribution in [2.75, 3.05) is 0 Å². The summed E-state index contributed by atoms with van der Waals surface area (Å²) in [6.07, 6.45) is 10.2. The highest BCUT2D eigenvalue weighted by Crippen LogP contribution is 2.33. The quantitative estimate of drug-likeness (QED) is 0.813. The predicted octanol–water partition coefficient (Wildman–Crippen LogP) is 4.35. The van der Waals surface area contributed by atoms with Gasteiger partial charge in [-0.15, -0.1) is 0 Å². The molecular weight excluding hydrogens is 248 g/mol. The minimum Gasteiger partial charge on any atom is -0.388 e. The Bertz CT molecular complexity index is 417. The zero-order valence-corrected chi connectivity index (χ0v) is 13.4. The summed E-state index contributed by atoms with van der Waals surface area (Å²) in [5.41, 5.74) is 3.52. The highest BCUT2D eigenvalue weighted by Gasteiger charge is 2.25. The fraction of sp³-hybridized carbons (Fsp3) is 0.824. The molecule has 2 rings (SSSR count). The van der Waals surface area contributed by atoms with Gasteiger partial charge in [0.2, 0.25) is 0 Å². The van der Waals surface area contributed by atoms with Gasteiger partial charge in [0.1, 0.15) is 0 Å². The standard InChI is InChI=1S/C17H30N2O/c1-4-14-17(16(20)6-3)15(5-2)19(18-14)13-11-9-7-8-10-12-13/h13,16,20H,4-12H2,1-3H3. The molecule has 1 aliphatic rings. The third kappa shape index (κ3) is 3.08. The molecule has 0 bridgehead atoms. The molecule has 1 heterocycles. The van der Waals surface area contributed by atoms with E-state index < -0.39 is 0 Å². The number of aromatic nitrogens is 2. The van der Waals surface area contributed by atoms with Gasteiger partial charge in [-0.1, -0.05) is 46.5 Å². The number of nitrogens with zero attached hydrogens (tertiary/aromatic N) is 2. The average Bonchev–Trinajstić information content (AvgIpc) is 2.65. The van der Waals surface area contributed by atoms with Crippen molar-refractivity contribution in [3.63, 3.8) is 0 Å². The maximum absolute atomic E-state index is 10.4. The molecule has 1 unspecified atom stereocenters. The van der Waals surface area contributed by atoms with Crippen LogP contribution in [-0.4, -0.2) is 14.9 Å². The zero-order chi connectivity index (χ0) is 14.5. The van der Waals surface area contributed by atoms with Gasteiger partial charge in [-0.2, -0.15) is 5.10 Å². The van der Waals surface area contributed by atoms with Crippen molar-refractivity contribution in [2.24, 2.45) is 0 Å². The van der Waals surface area contributed by atoms with E-state index in [4.69, 9.17) is 5.10 Å². The predicted molar refractivity (Wildman–Crippen MR) is 83.0 cm³/mol. The minimum absolute atomic E-state index is 0.348. The lowest BCUT2D eigenvalue weighted by Crippen LogP contribution is -2.14. The van der Waals surface area contributed by atoms with Gasteiger partial charge in [0.15, 0.2) is 0 Å². The molecular formula is C17H30N2O. The molecule has 3 nitrogen and oxygen atoms in total. The molecule has 0 radical (unpaired) electrons. The Morgan fingerprint density at radius 2 is 1.75 bits per heavy atom. The molecule has 3 heteroatoms. The molecule has 20 heavy (non-hydrogen) atoms. The van der Waals surface area contributed by atoms with Crippen molar-refractivity contribution in [3.05, 3.63) is 17.0 Å². The molecule has 1 atom stereocenters. The second-order valence-electron chi connectivity index (χ2n) is 6.03. The van der Waals surface area contributed by atoms with Gasteiger partial charge in [0.25, 0.3) is 0 Å². The van der Waals surface area contributed by atoms with Crippen LogP contribution in [0, 0.1) is 0 Å². The minimum atomic E-state index is -0.348. The first kappa shape index (κ1) is 15.6. The van der Waals surface area contributed by atoms with Crippen LogP contribution in [0.25, 0.3) is 0 Å². The lowest BCUT2D eigenvalue weighted by Gasteiger charge is -2.19. The first-order chi connectivity index (χ1) is 9.72. The smallest absolute Gasteiger partial charge is 0.0823 e. The maximum atomic E-state index is 10.4. The Morgan fingerprint density at radius 1 is 1.10 bits per heavy atom. The highest BCUT2D eigenvalue weighted by molar-refractivity contribution is 5.29. The van der Waals surface area contributed by atoms with Crippen LogP contribution in [0.3, 0.4) is 0 Å². The molecule has 0 saturated heterocycles. The SMILES string of the molecule is CCc1nn(C2CCCCCC2)c(CC)c1C(O)CC. The second kappa shape index (κ2) is 7.26. The van der Waals surface area contributed by atoms with E-state index in [1.165, 1.54) is 44.2 Å². The third-order valence-electron chi connectivity index (χ3n) is 4.69. The Kier molecular flexibility index (Phi) is 5.64. The van der Waals surface area contributed by atoms with Gasteiger partial charge < -0.3 is 5.11 Å². The van der Waals surface area contributed by atoms with E-state index in [2.05, 4.69) is 18.5 Å². The summed E-state index contributed by atoms with van der Waals surface area (Å²) < 4.78 is 2.28. The van der Waals surface area contributed by atoms with Crippen molar-refractivity contribution in [1.82, 2.24) is 9.78 Å². The van der Waals surface area contributed by atoms with Crippen LogP contribution in [-0.2, 0) is 12.8 Å². The molecule has 1 fully saturated rings. The van der Waals surface area contributed by atoms with E-state index in [9.17, 15) is 5.11 Å². The Morgan fingerprint density at radius 3 is 2.25 bits per heavy atom. The van der Waals surface area contributed by atoms with Crippen LogP contribution in [0.1, 0.15) is 94.8 Å².